The molecule has 2 amide bonds. The first-order chi connectivity index (χ1) is 8.39. The van der Waals surface area contributed by atoms with Crippen molar-refractivity contribution in [2.24, 2.45) is 17.3 Å². The summed E-state index contributed by atoms with van der Waals surface area (Å²) in [5.74, 6) is -1.98. The van der Waals surface area contributed by atoms with Crippen LogP contribution in [0.1, 0.15) is 13.8 Å². The Bertz CT molecular complexity index is 386. The van der Waals surface area contributed by atoms with Crippen LogP contribution in [0, 0.1) is 17.3 Å². The number of nitrogens with zero attached hydrogens (tertiary/aromatic N) is 2. The molecule has 2 aliphatic rings. The first kappa shape index (κ1) is 12.9. The first-order valence-electron chi connectivity index (χ1n) is 6.10. The topological polar surface area (TPSA) is 77.9 Å². The minimum absolute atomic E-state index is 0.0852. The molecular formula is C12H18N2O4. The predicted octanol–water partition coefficient (Wildman–Crippen LogP) is -0.356. The highest BCUT2D eigenvalue weighted by atomic mass is 16.4. The second kappa shape index (κ2) is 4.26. The Morgan fingerprint density at radius 1 is 1.17 bits per heavy atom. The summed E-state index contributed by atoms with van der Waals surface area (Å²) in [7, 11) is 0. The molecule has 6 heteroatoms. The van der Waals surface area contributed by atoms with E-state index in [9.17, 15) is 14.4 Å². The van der Waals surface area contributed by atoms with Crippen LogP contribution >= 0.6 is 0 Å². The van der Waals surface area contributed by atoms with Crippen LogP contribution in [0.4, 0.5) is 0 Å². The quantitative estimate of drug-likeness (QED) is 0.698. The fourth-order valence-electron chi connectivity index (χ4n) is 2.80. The van der Waals surface area contributed by atoms with Gasteiger partial charge in [0.15, 0.2) is 0 Å². The smallest absolute Gasteiger partial charge is 0.307 e. The van der Waals surface area contributed by atoms with E-state index in [0.29, 0.717) is 26.2 Å². The molecule has 0 aromatic heterocycles. The van der Waals surface area contributed by atoms with Crippen molar-refractivity contribution in [3.63, 3.8) is 0 Å². The van der Waals surface area contributed by atoms with E-state index in [0.717, 1.165) is 6.41 Å². The maximum atomic E-state index is 12.2. The number of carboxylic acid groups (broad SMARTS) is 1. The van der Waals surface area contributed by atoms with Gasteiger partial charge in [0.25, 0.3) is 0 Å². The molecule has 1 heterocycles. The summed E-state index contributed by atoms with van der Waals surface area (Å²) < 4.78 is 0. The molecule has 0 unspecified atom stereocenters. The third-order valence-corrected chi connectivity index (χ3v) is 4.13. The van der Waals surface area contributed by atoms with Gasteiger partial charge in [0.05, 0.1) is 11.8 Å². The van der Waals surface area contributed by atoms with Crippen molar-refractivity contribution in [3.8, 4) is 0 Å². The fraction of sp³-hybridized carbons (Fsp3) is 0.750. The number of hydrogen-bond acceptors (Lipinski definition) is 3. The average molecular weight is 254 g/mol. The van der Waals surface area contributed by atoms with Gasteiger partial charge in [-0.15, -0.1) is 0 Å². The van der Waals surface area contributed by atoms with Gasteiger partial charge in [0.1, 0.15) is 0 Å². The molecule has 1 saturated carbocycles. The van der Waals surface area contributed by atoms with Crippen molar-refractivity contribution in [1.29, 1.82) is 0 Å². The van der Waals surface area contributed by atoms with E-state index in [4.69, 9.17) is 5.11 Å². The Kier molecular flexibility index (Phi) is 3.04. The Balaban J connectivity index is 1.98. The first-order valence-corrected chi connectivity index (χ1v) is 6.10. The largest absolute Gasteiger partial charge is 0.481 e. The molecular weight excluding hydrogens is 236 g/mol. The van der Waals surface area contributed by atoms with Crippen LogP contribution in [0.5, 0.6) is 0 Å². The number of aliphatic carboxylic acids is 1. The predicted molar refractivity (Wildman–Crippen MR) is 62.6 cm³/mol. The maximum Gasteiger partial charge on any atom is 0.307 e. The van der Waals surface area contributed by atoms with Crippen molar-refractivity contribution in [2.45, 2.75) is 13.8 Å². The van der Waals surface area contributed by atoms with Crippen LogP contribution in [-0.4, -0.2) is 59.4 Å². The molecule has 2 atom stereocenters. The van der Waals surface area contributed by atoms with Gasteiger partial charge in [0.2, 0.25) is 12.3 Å². The van der Waals surface area contributed by atoms with Gasteiger partial charge in [-0.3, -0.25) is 14.4 Å². The zero-order valence-electron chi connectivity index (χ0n) is 10.6. The van der Waals surface area contributed by atoms with E-state index in [2.05, 4.69) is 0 Å². The Hall–Kier alpha value is -1.59. The lowest BCUT2D eigenvalue weighted by Crippen LogP contribution is -2.49. The monoisotopic (exact) mass is 254 g/mol. The normalized spacial score (nSPS) is 29.9. The SMILES string of the molecule is CC1(C)[C@H](C(=O)N2CCN(C=O)CC2)[C@@H]1C(=O)O. The van der Waals surface area contributed by atoms with Gasteiger partial charge in [-0.2, -0.15) is 0 Å². The van der Waals surface area contributed by atoms with Crippen LogP contribution in [0.25, 0.3) is 0 Å². The Morgan fingerprint density at radius 2 is 1.72 bits per heavy atom. The zero-order valence-corrected chi connectivity index (χ0v) is 10.6. The third kappa shape index (κ3) is 1.95. The Labute approximate surface area is 106 Å². The highest BCUT2D eigenvalue weighted by Gasteiger charge is 2.66. The molecule has 0 aromatic carbocycles. The van der Waals surface area contributed by atoms with Gasteiger partial charge in [-0.1, -0.05) is 13.8 Å². The lowest BCUT2D eigenvalue weighted by Gasteiger charge is -2.33. The number of carboxylic acids is 1. The number of carbonyl (C=O) groups is 3. The highest BCUT2D eigenvalue weighted by Crippen LogP contribution is 2.59. The zero-order chi connectivity index (χ0) is 13.5. The van der Waals surface area contributed by atoms with Gasteiger partial charge in [-0.25, -0.2) is 0 Å². The number of amides is 2. The van der Waals surface area contributed by atoms with Crippen LogP contribution in [0.3, 0.4) is 0 Å². The van der Waals surface area contributed by atoms with E-state index in [1.807, 2.05) is 13.8 Å². The Morgan fingerprint density at radius 3 is 2.11 bits per heavy atom. The molecule has 100 valence electrons. The van der Waals surface area contributed by atoms with Gasteiger partial charge < -0.3 is 14.9 Å². The van der Waals surface area contributed by atoms with E-state index < -0.39 is 23.2 Å². The number of hydrogen-bond donors (Lipinski definition) is 1. The molecule has 6 nitrogen and oxygen atoms in total. The van der Waals surface area contributed by atoms with Gasteiger partial charge in [0, 0.05) is 26.2 Å². The van der Waals surface area contributed by atoms with E-state index in [1.165, 1.54) is 0 Å². The second-order valence-corrected chi connectivity index (χ2v) is 5.58. The molecule has 0 radical (unpaired) electrons. The number of piperazine rings is 1. The molecule has 1 aliphatic carbocycles. The molecule has 1 aliphatic heterocycles. The summed E-state index contributed by atoms with van der Waals surface area (Å²) in [6, 6.07) is 0. The van der Waals surface area contributed by atoms with Crippen molar-refractivity contribution in [3.05, 3.63) is 0 Å². The van der Waals surface area contributed by atoms with E-state index in [1.54, 1.807) is 9.80 Å². The van der Waals surface area contributed by atoms with Crippen molar-refractivity contribution >= 4 is 18.3 Å². The summed E-state index contributed by atoms with van der Waals surface area (Å²) in [6.45, 7) is 5.68. The summed E-state index contributed by atoms with van der Waals surface area (Å²) in [5, 5.41) is 9.06. The standard InChI is InChI=1S/C12H18N2O4/c1-12(2)8(9(12)11(17)18)10(16)14-5-3-13(7-15)4-6-14/h7-9H,3-6H2,1-2H3,(H,17,18)/t8-,9+/m0/s1. The second-order valence-electron chi connectivity index (χ2n) is 5.58. The van der Waals surface area contributed by atoms with Gasteiger partial charge in [-0.05, 0) is 5.41 Å². The molecule has 2 fully saturated rings. The molecule has 1 saturated heterocycles. The number of carbonyl (C=O) groups excluding carboxylic acids is 2. The summed E-state index contributed by atoms with van der Waals surface area (Å²) in [4.78, 5) is 37.2. The molecule has 0 bridgehead atoms. The van der Waals surface area contributed by atoms with Crippen molar-refractivity contribution < 1.29 is 19.5 Å². The highest BCUT2D eigenvalue weighted by molar-refractivity contribution is 5.91. The number of rotatable bonds is 3. The van der Waals surface area contributed by atoms with E-state index >= 15 is 0 Å². The molecule has 1 N–H and O–H groups in total. The molecule has 0 aromatic rings. The average Bonchev–Trinajstić information content (AvgIpc) is 2.92. The minimum Gasteiger partial charge on any atom is -0.481 e. The van der Waals surface area contributed by atoms with Crippen LogP contribution < -0.4 is 0 Å². The lowest BCUT2D eigenvalue weighted by molar-refractivity contribution is -0.142. The van der Waals surface area contributed by atoms with Gasteiger partial charge >= 0.3 is 5.97 Å². The van der Waals surface area contributed by atoms with Crippen LogP contribution in [0.15, 0.2) is 0 Å². The minimum atomic E-state index is -0.898. The van der Waals surface area contributed by atoms with Crippen LogP contribution in [0.2, 0.25) is 0 Å². The summed E-state index contributed by atoms with van der Waals surface area (Å²) in [5.41, 5.74) is -0.454. The fourth-order valence-corrected chi connectivity index (χ4v) is 2.80. The van der Waals surface area contributed by atoms with Crippen molar-refractivity contribution in [1.82, 2.24) is 9.80 Å². The molecule has 0 spiro atoms. The molecule has 2 rings (SSSR count). The maximum absolute atomic E-state index is 12.2. The lowest BCUT2D eigenvalue weighted by atomic mass is 10.1. The van der Waals surface area contributed by atoms with E-state index in [-0.39, 0.29) is 5.91 Å². The summed E-state index contributed by atoms with van der Waals surface area (Å²) in [6.07, 6.45) is 0.781. The third-order valence-electron chi connectivity index (χ3n) is 4.13. The summed E-state index contributed by atoms with van der Waals surface area (Å²) >= 11 is 0. The van der Waals surface area contributed by atoms with Crippen molar-refractivity contribution in [2.75, 3.05) is 26.2 Å². The molecule has 18 heavy (non-hydrogen) atoms. The van der Waals surface area contributed by atoms with Crippen LogP contribution in [-0.2, 0) is 14.4 Å².